The lowest BCUT2D eigenvalue weighted by Gasteiger charge is -2.31. The minimum atomic E-state index is -2.41. The molecule has 0 radical (unpaired) electrons. The van der Waals surface area contributed by atoms with E-state index >= 15 is 0 Å². The summed E-state index contributed by atoms with van der Waals surface area (Å²) in [5.74, 6) is 0. The Hall–Kier alpha value is -3.94. The van der Waals surface area contributed by atoms with Gasteiger partial charge in [-0.3, -0.25) is 0 Å². The molecule has 0 saturated heterocycles. The van der Waals surface area contributed by atoms with E-state index < -0.39 is 8.07 Å². The van der Waals surface area contributed by atoms with Gasteiger partial charge < -0.3 is 0 Å². The van der Waals surface area contributed by atoms with Crippen molar-refractivity contribution in [2.75, 3.05) is 0 Å². The fraction of sp³-hybridized carbons (Fsp3) is 0. The summed E-state index contributed by atoms with van der Waals surface area (Å²) in [4.78, 5) is 0. The van der Waals surface area contributed by atoms with Crippen molar-refractivity contribution >= 4 is 50.4 Å². The lowest BCUT2D eigenvalue weighted by molar-refractivity contribution is 1.70. The molecular weight excluding hydrogens is 412 g/mol. The molecule has 1 heteroatoms. The standard InChI is InChI=1S/C32H22Si/c1-3-13-27(14-4-1)33(28-15-5-2-6-16-28)31-18-10-9-17-29(31)30-21-25-19-23-11-7-8-12-24(23)20-26(25)22-32(30)33/h1-22H. The molecule has 0 unspecified atom stereocenters. The van der Waals surface area contributed by atoms with Crippen LogP contribution in [0.4, 0.5) is 0 Å². The van der Waals surface area contributed by atoms with E-state index in [0.29, 0.717) is 0 Å². The molecule has 0 nitrogen and oxygen atoms in total. The average Bonchev–Trinajstić information content (AvgIpc) is 3.17. The van der Waals surface area contributed by atoms with E-state index in [1.165, 1.54) is 53.4 Å². The molecule has 0 fully saturated rings. The molecule has 0 aliphatic carbocycles. The fourth-order valence-corrected chi connectivity index (χ4v) is 11.1. The maximum atomic E-state index is 2.50. The van der Waals surface area contributed by atoms with Gasteiger partial charge >= 0.3 is 0 Å². The number of rotatable bonds is 2. The number of fused-ring (bicyclic) bond motifs is 5. The summed E-state index contributed by atoms with van der Waals surface area (Å²) in [7, 11) is -2.41. The highest BCUT2D eigenvalue weighted by molar-refractivity contribution is 7.22. The highest BCUT2D eigenvalue weighted by Crippen LogP contribution is 2.33. The molecule has 0 N–H and O–H groups in total. The molecule has 7 rings (SSSR count). The second kappa shape index (κ2) is 7.03. The molecule has 154 valence electrons. The van der Waals surface area contributed by atoms with E-state index in [9.17, 15) is 0 Å². The molecule has 0 spiro atoms. The third-order valence-electron chi connectivity index (χ3n) is 7.28. The predicted octanol–water partition coefficient (Wildman–Crippen LogP) is 5.35. The Bertz CT molecular complexity index is 1610. The molecular formula is C32H22Si. The summed E-state index contributed by atoms with van der Waals surface area (Å²) in [6.45, 7) is 0. The van der Waals surface area contributed by atoms with Crippen molar-refractivity contribution in [3.63, 3.8) is 0 Å². The van der Waals surface area contributed by atoms with Crippen LogP contribution < -0.4 is 20.7 Å². The molecule has 0 bridgehead atoms. The third-order valence-corrected chi connectivity index (χ3v) is 12.1. The van der Waals surface area contributed by atoms with Crippen LogP contribution in [0.1, 0.15) is 0 Å². The normalized spacial score (nSPS) is 13.7. The topological polar surface area (TPSA) is 0 Å². The van der Waals surface area contributed by atoms with Crippen molar-refractivity contribution in [1.82, 2.24) is 0 Å². The van der Waals surface area contributed by atoms with Crippen LogP contribution in [-0.4, -0.2) is 8.07 Å². The summed E-state index contributed by atoms with van der Waals surface area (Å²) in [6, 6.07) is 49.9. The largest absolute Gasteiger partial charge is 0.180 e. The Labute approximate surface area is 194 Å². The average molecular weight is 435 g/mol. The maximum absolute atomic E-state index is 2.50. The van der Waals surface area contributed by atoms with E-state index in [0.717, 1.165) is 0 Å². The SMILES string of the molecule is c1ccc([Si]2(c3ccccc3)c3ccccc3-c3cc4cc5ccccc5cc4cc32)cc1. The van der Waals surface area contributed by atoms with Gasteiger partial charge in [-0.1, -0.05) is 115 Å². The van der Waals surface area contributed by atoms with Gasteiger partial charge in [-0.2, -0.15) is 0 Å². The maximum Gasteiger partial charge on any atom is 0.180 e. The van der Waals surface area contributed by atoms with Gasteiger partial charge in [0.05, 0.1) is 0 Å². The Morgan fingerprint density at radius 3 is 1.48 bits per heavy atom. The first-order valence-corrected chi connectivity index (χ1v) is 13.5. The quantitative estimate of drug-likeness (QED) is 0.254. The van der Waals surface area contributed by atoms with Crippen molar-refractivity contribution in [2.45, 2.75) is 0 Å². The number of hydrogen-bond donors (Lipinski definition) is 0. The highest BCUT2D eigenvalue weighted by Gasteiger charge is 2.48. The molecule has 6 aromatic carbocycles. The van der Waals surface area contributed by atoms with Crippen molar-refractivity contribution < 1.29 is 0 Å². The Morgan fingerprint density at radius 1 is 0.333 bits per heavy atom. The van der Waals surface area contributed by atoms with Gasteiger partial charge in [-0.15, -0.1) is 0 Å². The van der Waals surface area contributed by atoms with Crippen LogP contribution in [0.3, 0.4) is 0 Å². The molecule has 0 atom stereocenters. The molecule has 6 aromatic rings. The van der Waals surface area contributed by atoms with Crippen LogP contribution in [0.2, 0.25) is 0 Å². The Kier molecular flexibility index (Phi) is 3.96. The van der Waals surface area contributed by atoms with Gasteiger partial charge in [-0.25, -0.2) is 0 Å². The smallest absolute Gasteiger partial charge is 0.0623 e. The van der Waals surface area contributed by atoms with Crippen LogP contribution in [0.15, 0.2) is 133 Å². The summed E-state index contributed by atoms with van der Waals surface area (Å²) in [5, 5.41) is 11.1. The minimum Gasteiger partial charge on any atom is -0.0623 e. The summed E-state index contributed by atoms with van der Waals surface area (Å²) in [5.41, 5.74) is 2.79. The van der Waals surface area contributed by atoms with Crippen LogP contribution in [0.25, 0.3) is 32.7 Å². The molecule has 0 saturated carbocycles. The Balaban J connectivity index is 1.66. The number of hydrogen-bond acceptors (Lipinski definition) is 0. The lowest BCUT2D eigenvalue weighted by atomic mass is 9.99. The molecule has 1 aliphatic rings. The van der Waals surface area contributed by atoms with Gasteiger partial charge in [-0.05, 0) is 71.6 Å². The van der Waals surface area contributed by atoms with Crippen LogP contribution >= 0.6 is 0 Å². The predicted molar refractivity (Wildman–Crippen MR) is 144 cm³/mol. The zero-order valence-corrected chi connectivity index (χ0v) is 19.2. The molecule has 33 heavy (non-hydrogen) atoms. The lowest BCUT2D eigenvalue weighted by Crippen LogP contribution is -2.72. The van der Waals surface area contributed by atoms with E-state index in [2.05, 4.69) is 133 Å². The number of benzene rings is 6. The highest BCUT2D eigenvalue weighted by atomic mass is 28.3. The molecule has 1 aliphatic heterocycles. The van der Waals surface area contributed by atoms with E-state index in [4.69, 9.17) is 0 Å². The summed E-state index contributed by atoms with van der Waals surface area (Å²) in [6.07, 6.45) is 0. The van der Waals surface area contributed by atoms with Crippen LogP contribution in [0, 0.1) is 0 Å². The summed E-state index contributed by atoms with van der Waals surface area (Å²) >= 11 is 0. The van der Waals surface area contributed by atoms with Gasteiger partial charge in [0, 0.05) is 0 Å². The first-order chi connectivity index (χ1) is 16.4. The zero-order chi connectivity index (χ0) is 21.8. The Morgan fingerprint density at radius 2 is 0.848 bits per heavy atom. The minimum absolute atomic E-state index is 1.30. The second-order valence-corrected chi connectivity index (χ2v) is 12.7. The van der Waals surface area contributed by atoms with Gasteiger partial charge in [0.25, 0.3) is 0 Å². The molecule has 0 aromatic heterocycles. The molecule has 0 amide bonds. The van der Waals surface area contributed by atoms with E-state index in [-0.39, 0.29) is 0 Å². The van der Waals surface area contributed by atoms with Crippen LogP contribution in [-0.2, 0) is 0 Å². The van der Waals surface area contributed by atoms with Crippen molar-refractivity contribution in [2.24, 2.45) is 0 Å². The molecule has 1 heterocycles. The summed E-state index contributed by atoms with van der Waals surface area (Å²) < 4.78 is 0. The first kappa shape index (κ1) is 18.6. The van der Waals surface area contributed by atoms with Crippen molar-refractivity contribution in [3.05, 3.63) is 133 Å². The third kappa shape index (κ3) is 2.57. The van der Waals surface area contributed by atoms with E-state index in [1.807, 2.05) is 0 Å². The zero-order valence-electron chi connectivity index (χ0n) is 18.2. The monoisotopic (exact) mass is 434 g/mol. The second-order valence-electron chi connectivity index (χ2n) is 8.97. The van der Waals surface area contributed by atoms with Gasteiger partial charge in [0.1, 0.15) is 0 Å². The van der Waals surface area contributed by atoms with Crippen molar-refractivity contribution in [3.8, 4) is 11.1 Å². The van der Waals surface area contributed by atoms with E-state index in [1.54, 1.807) is 0 Å². The van der Waals surface area contributed by atoms with Crippen LogP contribution in [0.5, 0.6) is 0 Å². The first-order valence-electron chi connectivity index (χ1n) is 11.5. The van der Waals surface area contributed by atoms with Crippen molar-refractivity contribution in [1.29, 1.82) is 0 Å². The fourth-order valence-electron chi connectivity index (χ4n) is 5.88. The van der Waals surface area contributed by atoms with Gasteiger partial charge in [0.15, 0.2) is 8.07 Å². The van der Waals surface area contributed by atoms with Gasteiger partial charge in [0.2, 0.25) is 0 Å².